The molecule has 0 atom stereocenters. The molecule has 0 fully saturated rings. The van der Waals surface area contributed by atoms with Gasteiger partial charge in [-0.3, -0.25) is 0 Å². The fraction of sp³-hybridized carbons (Fsp3) is 0.200. The number of rotatable bonds is 4. The fourth-order valence-corrected chi connectivity index (χ4v) is 1.83. The summed E-state index contributed by atoms with van der Waals surface area (Å²) in [5.41, 5.74) is 3.09. The first kappa shape index (κ1) is 13.1. The Labute approximate surface area is 111 Å². The Morgan fingerprint density at radius 1 is 1.32 bits per heavy atom. The van der Waals surface area contributed by atoms with E-state index in [1.165, 1.54) is 0 Å². The van der Waals surface area contributed by atoms with E-state index < -0.39 is 0 Å². The zero-order valence-electron chi connectivity index (χ0n) is 10.6. The number of nitrogens with zero attached hydrogens (tertiary/aromatic N) is 2. The highest BCUT2D eigenvalue weighted by atomic mass is 16.5. The summed E-state index contributed by atoms with van der Waals surface area (Å²) in [6.45, 7) is 1.90. The van der Waals surface area contributed by atoms with Crippen LogP contribution in [0.3, 0.4) is 0 Å². The Bertz CT molecular complexity index is 604. The zero-order chi connectivity index (χ0) is 13.7. The van der Waals surface area contributed by atoms with Crippen LogP contribution in [-0.2, 0) is 0 Å². The maximum absolute atomic E-state index is 9.15. The summed E-state index contributed by atoms with van der Waals surface area (Å²) in [5.74, 6) is 0.272. The molecule has 0 aliphatic heterocycles. The van der Waals surface area contributed by atoms with Crippen molar-refractivity contribution >= 4 is 0 Å². The van der Waals surface area contributed by atoms with Crippen molar-refractivity contribution < 1.29 is 9.84 Å². The molecule has 1 N–H and O–H groups in total. The lowest BCUT2D eigenvalue weighted by atomic mass is 10.0. The lowest BCUT2D eigenvalue weighted by molar-refractivity contribution is 0.196. The molecule has 0 unspecified atom stereocenters. The minimum Gasteiger partial charge on any atom is -0.474 e. The van der Waals surface area contributed by atoms with Crippen LogP contribution in [0.25, 0.3) is 11.1 Å². The van der Waals surface area contributed by atoms with Crippen LogP contribution in [0.4, 0.5) is 0 Å². The summed E-state index contributed by atoms with van der Waals surface area (Å²) in [6, 6.07) is 13.6. The van der Waals surface area contributed by atoms with Gasteiger partial charge >= 0.3 is 0 Å². The van der Waals surface area contributed by atoms with Gasteiger partial charge in [0.05, 0.1) is 6.61 Å². The second kappa shape index (κ2) is 5.98. The van der Waals surface area contributed by atoms with Gasteiger partial charge in [0, 0.05) is 11.3 Å². The van der Waals surface area contributed by atoms with E-state index in [2.05, 4.69) is 11.1 Å². The van der Waals surface area contributed by atoms with Crippen molar-refractivity contribution in [2.45, 2.75) is 6.92 Å². The fourth-order valence-electron chi connectivity index (χ4n) is 1.83. The van der Waals surface area contributed by atoms with Crippen molar-refractivity contribution in [1.29, 1.82) is 5.26 Å². The first-order valence-corrected chi connectivity index (χ1v) is 5.97. The van der Waals surface area contributed by atoms with Crippen LogP contribution in [0.1, 0.15) is 11.3 Å². The van der Waals surface area contributed by atoms with Crippen molar-refractivity contribution in [1.82, 2.24) is 4.98 Å². The SMILES string of the molecule is Cc1nc(OCCO)c(C#N)cc1-c1ccccc1. The first-order chi connectivity index (χ1) is 9.26. The van der Waals surface area contributed by atoms with Crippen molar-refractivity contribution in [3.8, 4) is 23.1 Å². The van der Waals surface area contributed by atoms with E-state index in [0.29, 0.717) is 5.56 Å². The smallest absolute Gasteiger partial charge is 0.232 e. The number of aliphatic hydroxyl groups is 1. The van der Waals surface area contributed by atoms with E-state index in [-0.39, 0.29) is 19.1 Å². The predicted molar refractivity (Wildman–Crippen MR) is 71.7 cm³/mol. The topological polar surface area (TPSA) is 66.1 Å². The Morgan fingerprint density at radius 2 is 2.05 bits per heavy atom. The van der Waals surface area contributed by atoms with Gasteiger partial charge in [-0.2, -0.15) is 5.26 Å². The molecular weight excluding hydrogens is 240 g/mol. The summed E-state index contributed by atoms with van der Waals surface area (Å²) in [7, 11) is 0. The number of aromatic nitrogens is 1. The molecular formula is C15H14N2O2. The quantitative estimate of drug-likeness (QED) is 0.909. The molecule has 4 heteroatoms. The number of benzene rings is 1. The van der Waals surface area contributed by atoms with Crippen molar-refractivity contribution in [3.05, 3.63) is 47.7 Å². The van der Waals surface area contributed by atoms with E-state index in [1.807, 2.05) is 37.3 Å². The van der Waals surface area contributed by atoms with Crippen LogP contribution in [0.2, 0.25) is 0 Å². The molecule has 1 aromatic carbocycles. The molecule has 0 saturated carbocycles. The lowest BCUT2D eigenvalue weighted by Crippen LogP contribution is -2.06. The molecule has 0 radical (unpaired) electrons. The van der Waals surface area contributed by atoms with Gasteiger partial charge in [0.15, 0.2) is 0 Å². The van der Waals surface area contributed by atoms with Gasteiger partial charge in [0.2, 0.25) is 5.88 Å². The maximum atomic E-state index is 9.15. The highest BCUT2D eigenvalue weighted by molar-refractivity contribution is 5.68. The Hall–Kier alpha value is -2.38. The largest absolute Gasteiger partial charge is 0.474 e. The molecule has 0 aliphatic carbocycles. The Balaban J connectivity index is 2.46. The number of pyridine rings is 1. The minimum atomic E-state index is -0.105. The van der Waals surface area contributed by atoms with Crippen LogP contribution in [0.5, 0.6) is 5.88 Å². The highest BCUT2D eigenvalue weighted by Crippen LogP contribution is 2.27. The molecule has 1 aromatic heterocycles. The van der Waals surface area contributed by atoms with E-state index in [0.717, 1.165) is 16.8 Å². The van der Waals surface area contributed by atoms with Crippen molar-refractivity contribution in [3.63, 3.8) is 0 Å². The van der Waals surface area contributed by atoms with Gasteiger partial charge in [-0.15, -0.1) is 0 Å². The standard InChI is InChI=1S/C15H14N2O2/c1-11-14(12-5-3-2-4-6-12)9-13(10-16)15(17-11)19-8-7-18/h2-6,9,18H,7-8H2,1H3. The summed E-state index contributed by atoms with van der Waals surface area (Å²) in [6.07, 6.45) is 0. The minimum absolute atomic E-state index is 0.105. The van der Waals surface area contributed by atoms with E-state index >= 15 is 0 Å². The lowest BCUT2D eigenvalue weighted by Gasteiger charge is -2.10. The number of hydrogen-bond acceptors (Lipinski definition) is 4. The number of ether oxygens (including phenoxy) is 1. The average Bonchev–Trinajstić information content (AvgIpc) is 2.46. The van der Waals surface area contributed by atoms with Crippen molar-refractivity contribution in [2.24, 2.45) is 0 Å². The average molecular weight is 254 g/mol. The van der Waals surface area contributed by atoms with Crippen LogP contribution in [0, 0.1) is 18.3 Å². The van der Waals surface area contributed by atoms with Gasteiger partial charge in [-0.25, -0.2) is 4.98 Å². The zero-order valence-corrected chi connectivity index (χ0v) is 10.6. The second-order valence-electron chi connectivity index (χ2n) is 4.02. The second-order valence-corrected chi connectivity index (χ2v) is 4.02. The summed E-state index contributed by atoms with van der Waals surface area (Å²) >= 11 is 0. The third-order valence-corrected chi connectivity index (χ3v) is 2.71. The molecule has 96 valence electrons. The van der Waals surface area contributed by atoms with Gasteiger partial charge < -0.3 is 9.84 Å². The van der Waals surface area contributed by atoms with E-state index in [1.54, 1.807) is 6.07 Å². The van der Waals surface area contributed by atoms with Gasteiger partial charge in [-0.05, 0) is 18.6 Å². The number of hydrogen-bond donors (Lipinski definition) is 1. The molecule has 2 aromatic rings. The molecule has 2 rings (SSSR count). The predicted octanol–water partition coefficient (Wildman–Crippen LogP) is 2.30. The number of aryl methyl sites for hydroxylation is 1. The molecule has 4 nitrogen and oxygen atoms in total. The number of nitriles is 1. The van der Waals surface area contributed by atoms with E-state index in [9.17, 15) is 0 Å². The summed E-state index contributed by atoms with van der Waals surface area (Å²) in [4.78, 5) is 4.30. The summed E-state index contributed by atoms with van der Waals surface area (Å²) in [5, 5.41) is 17.9. The monoisotopic (exact) mass is 254 g/mol. The van der Waals surface area contributed by atoms with Crippen molar-refractivity contribution in [2.75, 3.05) is 13.2 Å². The molecule has 0 amide bonds. The molecule has 19 heavy (non-hydrogen) atoms. The van der Waals surface area contributed by atoms with Crippen LogP contribution in [0.15, 0.2) is 36.4 Å². The van der Waals surface area contributed by atoms with Crippen LogP contribution in [-0.4, -0.2) is 23.3 Å². The molecule has 1 heterocycles. The Kier molecular flexibility index (Phi) is 4.11. The normalized spacial score (nSPS) is 9.95. The number of aliphatic hydroxyl groups excluding tert-OH is 1. The molecule has 0 aliphatic rings. The van der Waals surface area contributed by atoms with Gasteiger partial charge in [0.25, 0.3) is 0 Å². The van der Waals surface area contributed by atoms with E-state index in [4.69, 9.17) is 15.1 Å². The van der Waals surface area contributed by atoms with Crippen LogP contribution < -0.4 is 4.74 Å². The summed E-state index contributed by atoms with van der Waals surface area (Å²) < 4.78 is 5.27. The van der Waals surface area contributed by atoms with Gasteiger partial charge in [0.1, 0.15) is 18.2 Å². The third kappa shape index (κ3) is 2.90. The third-order valence-electron chi connectivity index (χ3n) is 2.71. The molecule has 0 saturated heterocycles. The Morgan fingerprint density at radius 3 is 2.68 bits per heavy atom. The molecule has 0 bridgehead atoms. The highest BCUT2D eigenvalue weighted by Gasteiger charge is 2.11. The van der Waals surface area contributed by atoms with Crippen LogP contribution >= 0.6 is 0 Å². The van der Waals surface area contributed by atoms with Gasteiger partial charge in [-0.1, -0.05) is 30.3 Å². The maximum Gasteiger partial charge on any atom is 0.232 e. The molecule has 0 spiro atoms. The first-order valence-electron chi connectivity index (χ1n) is 5.97.